The molecule has 0 saturated carbocycles. The molecular formula is C14H20N2O3S. The maximum absolute atomic E-state index is 12.1. The van der Waals surface area contributed by atoms with Crippen molar-refractivity contribution in [3.8, 4) is 0 Å². The smallest absolute Gasteiger partial charge is 0.317 e. The van der Waals surface area contributed by atoms with Crippen LogP contribution in [0.3, 0.4) is 0 Å². The number of carbonyl (C=O) groups excluding carboxylic acids is 1. The van der Waals surface area contributed by atoms with Crippen LogP contribution >= 0.6 is 11.3 Å². The van der Waals surface area contributed by atoms with Gasteiger partial charge in [0.15, 0.2) is 0 Å². The molecule has 1 aromatic heterocycles. The number of piperidine rings is 1. The molecule has 0 aromatic carbocycles. The van der Waals surface area contributed by atoms with Gasteiger partial charge in [0.2, 0.25) is 0 Å². The maximum atomic E-state index is 12.1. The first-order valence-corrected chi connectivity index (χ1v) is 7.75. The first-order valence-electron chi connectivity index (χ1n) is 6.87. The minimum Gasteiger partial charge on any atom is -0.481 e. The lowest BCUT2D eigenvalue weighted by Crippen LogP contribution is -2.45. The van der Waals surface area contributed by atoms with E-state index in [1.54, 1.807) is 16.2 Å². The van der Waals surface area contributed by atoms with Crippen molar-refractivity contribution in [1.29, 1.82) is 0 Å². The molecule has 1 saturated heterocycles. The van der Waals surface area contributed by atoms with Crippen LogP contribution < -0.4 is 5.32 Å². The average Bonchev–Trinajstić information content (AvgIpc) is 2.92. The Morgan fingerprint density at radius 1 is 1.50 bits per heavy atom. The number of aliphatic carboxylic acids is 1. The third-order valence-corrected chi connectivity index (χ3v) is 4.73. The van der Waals surface area contributed by atoms with Crippen molar-refractivity contribution < 1.29 is 14.7 Å². The highest BCUT2D eigenvalue weighted by atomic mass is 32.1. The van der Waals surface area contributed by atoms with E-state index in [0.29, 0.717) is 13.1 Å². The van der Waals surface area contributed by atoms with Crippen molar-refractivity contribution in [2.45, 2.75) is 32.2 Å². The Kier molecular flexibility index (Phi) is 5.00. The van der Waals surface area contributed by atoms with Crippen LogP contribution in [0.2, 0.25) is 0 Å². The number of likely N-dealkylation sites (tertiary alicyclic amines) is 1. The summed E-state index contributed by atoms with van der Waals surface area (Å²) in [5.74, 6) is -0.550. The molecule has 6 heteroatoms. The van der Waals surface area contributed by atoms with Gasteiger partial charge in [-0.15, -0.1) is 11.3 Å². The van der Waals surface area contributed by atoms with Crippen molar-refractivity contribution in [1.82, 2.24) is 10.2 Å². The number of nitrogens with one attached hydrogen (secondary N) is 1. The van der Waals surface area contributed by atoms with E-state index < -0.39 is 5.97 Å². The Hall–Kier alpha value is -1.56. The minimum atomic E-state index is -0.751. The number of thiophene rings is 1. The number of nitrogens with zero attached hydrogens (tertiary/aromatic N) is 1. The first-order chi connectivity index (χ1) is 9.56. The fourth-order valence-electron chi connectivity index (χ4n) is 2.47. The summed E-state index contributed by atoms with van der Waals surface area (Å²) >= 11 is 1.63. The predicted molar refractivity (Wildman–Crippen MR) is 77.8 cm³/mol. The molecule has 1 unspecified atom stereocenters. The van der Waals surface area contributed by atoms with Crippen LogP contribution in [-0.4, -0.2) is 35.1 Å². The average molecular weight is 296 g/mol. The highest BCUT2D eigenvalue weighted by molar-refractivity contribution is 7.10. The SMILES string of the molecule is CC(NC(=O)N1CCC(CC(=O)O)CC1)c1cccs1. The van der Waals surface area contributed by atoms with Crippen LogP contribution in [0, 0.1) is 5.92 Å². The Bertz CT molecular complexity index is 453. The lowest BCUT2D eigenvalue weighted by atomic mass is 9.94. The van der Waals surface area contributed by atoms with Crippen LogP contribution in [0.5, 0.6) is 0 Å². The Morgan fingerprint density at radius 2 is 2.20 bits per heavy atom. The van der Waals surface area contributed by atoms with Gasteiger partial charge in [-0.3, -0.25) is 4.79 Å². The van der Waals surface area contributed by atoms with E-state index >= 15 is 0 Å². The van der Waals surface area contributed by atoms with Gasteiger partial charge < -0.3 is 15.3 Å². The summed E-state index contributed by atoms with van der Waals surface area (Å²) in [5.41, 5.74) is 0. The lowest BCUT2D eigenvalue weighted by Gasteiger charge is -2.32. The molecule has 2 amide bonds. The molecule has 1 aromatic rings. The molecule has 110 valence electrons. The van der Waals surface area contributed by atoms with Crippen molar-refractivity contribution in [3.05, 3.63) is 22.4 Å². The maximum Gasteiger partial charge on any atom is 0.317 e. The van der Waals surface area contributed by atoms with Crippen LogP contribution in [0.4, 0.5) is 4.79 Å². The van der Waals surface area contributed by atoms with Gasteiger partial charge in [-0.2, -0.15) is 0 Å². The van der Waals surface area contributed by atoms with Gasteiger partial charge in [-0.25, -0.2) is 4.79 Å². The standard InChI is InChI=1S/C14H20N2O3S/c1-10(12-3-2-8-20-12)15-14(19)16-6-4-11(5-7-16)9-13(17)18/h2-3,8,10-11H,4-7,9H2,1H3,(H,15,19)(H,17,18). The van der Waals surface area contributed by atoms with E-state index in [0.717, 1.165) is 17.7 Å². The number of carboxylic acids is 1. The molecule has 0 bridgehead atoms. The van der Waals surface area contributed by atoms with E-state index in [1.165, 1.54) is 0 Å². The second-order valence-corrected chi connectivity index (χ2v) is 6.19. The molecule has 0 spiro atoms. The van der Waals surface area contributed by atoms with Crippen LogP contribution in [-0.2, 0) is 4.79 Å². The second kappa shape index (κ2) is 6.74. The zero-order chi connectivity index (χ0) is 14.5. The van der Waals surface area contributed by atoms with E-state index in [2.05, 4.69) is 5.32 Å². The fraction of sp³-hybridized carbons (Fsp3) is 0.571. The molecule has 1 fully saturated rings. The summed E-state index contributed by atoms with van der Waals surface area (Å²) in [5, 5.41) is 13.8. The van der Waals surface area contributed by atoms with Gasteiger partial charge in [-0.05, 0) is 37.1 Å². The van der Waals surface area contributed by atoms with Gasteiger partial charge in [0, 0.05) is 24.4 Å². The molecule has 0 radical (unpaired) electrons. The Labute approximate surface area is 122 Å². The lowest BCUT2D eigenvalue weighted by molar-refractivity contribution is -0.138. The quantitative estimate of drug-likeness (QED) is 0.897. The van der Waals surface area contributed by atoms with Crippen molar-refractivity contribution in [3.63, 3.8) is 0 Å². The summed E-state index contributed by atoms with van der Waals surface area (Å²) < 4.78 is 0. The molecule has 2 rings (SSSR count). The molecule has 1 atom stereocenters. The number of rotatable bonds is 4. The van der Waals surface area contributed by atoms with Gasteiger partial charge in [0.25, 0.3) is 0 Å². The van der Waals surface area contributed by atoms with Crippen LogP contribution in [0.25, 0.3) is 0 Å². The molecule has 2 N–H and O–H groups in total. The van der Waals surface area contributed by atoms with Crippen molar-refractivity contribution in [2.24, 2.45) is 5.92 Å². The van der Waals surface area contributed by atoms with Crippen molar-refractivity contribution >= 4 is 23.3 Å². The van der Waals surface area contributed by atoms with E-state index in [-0.39, 0.29) is 24.4 Å². The highest BCUT2D eigenvalue weighted by Gasteiger charge is 2.25. The predicted octanol–water partition coefficient (Wildman–Crippen LogP) is 2.71. The zero-order valence-corrected chi connectivity index (χ0v) is 12.4. The normalized spacial score (nSPS) is 17.8. The topological polar surface area (TPSA) is 69.6 Å². The van der Waals surface area contributed by atoms with E-state index in [4.69, 9.17) is 5.11 Å². The molecule has 0 aliphatic carbocycles. The van der Waals surface area contributed by atoms with Crippen molar-refractivity contribution in [2.75, 3.05) is 13.1 Å². The Morgan fingerprint density at radius 3 is 2.75 bits per heavy atom. The number of amides is 2. The number of carboxylic acid groups (broad SMARTS) is 1. The summed E-state index contributed by atoms with van der Waals surface area (Å²) in [6.07, 6.45) is 1.75. The number of urea groups is 1. The summed E-state index contributed by atoms with van der Waals surface area (Å²) in [4.78, 5) is 25.7. The van der Waals surface area contributed by atoms with Gasteiger partial charge >= 0.3 is 12.0 Å². The molecule has 1 aliphatic heterocycles. The molecule has 2 heterocycles. The third-order valence-electron chi connectivity index (χ3n) is 3.67. The number of carbonyl (C=O) groups is 2. The monoisotopic (exact) mass is 296 g/mol. The van der Waals surface area contributed by atoms with Crippen LogP contribution in [0.15, 0.2) is 17.5 Å². The number of hydrogen-bond acceptors (Lipinski definition) is 3. The fourth-order valence-corrected chi connectivity index (χ4v) is 3.21. The van der Waals surface area contributed by atoms with Gasteiger partial charge in [0.05, 0.1) is 6.04 Å². The molecular weight excluding hydrogens is 276 g/mol. The van der Waals surface area contributed by atoms with Gasteiger partial charge in [0.1, 0.15) is 0 Å². The molecule has 1 aliphatic rings. The summed E-state index contributed by atoms with van der Waals surface area (Å²) in [6.45, 7) is 3.25. The van der Waals surface area contributed by atoms with E-state index in [1.807, 2.05) is 24.4 Å². The molecule has 5 nitrogen and oxygen atoms in total. The zero-order valence-electron chi connectivity index (χ0n) is 11.5. The molecule has 20 heavy (non-hydrogen) atoms. The summed E-state index contributed by atoms with van der Waals surface area (Å²) in [7, 11) is 0. The largest absolute Gasteiger partial charge is 0.481 e. The first kappa shape index (κ1) is 14.8. The van der Waals surface area contributed by atoms with Crippen LogP contribution in [0.1, 0.15) is 37.1 Å². The number of hydrogen-bond donors (Lipinski definition) is 2. The Balaban J connectivity index is 1.78. The van der Waals surface area contributed by atoms with E-state index in [9.17, 15) is 9.59 Å². The highest BCUT2D eigenvalue weighted by Crippen LogP contribution is 2.22. The van der Waals surface area contributed by atoms with Gasteiger partial charge in [-0.1, -0.05) is 6.07 Å². The second-order valence-electron chi connectivity index (χ2n) is 5.21. The minimum absolute atomic E-state index is 0.0132. The summed E-state index contributed by atoms with van der Waals surface area (Å²) in [6, 6.07) is 3.94. The third kappa shape index (κ3) is 3.96.